The van der Waals surface area contributed by atoms with Gasteiger partial charge in [0.1, 0.15) is 24.7 Å². The van der Waals surface area contributed by atoms with E-state index in [1.165, 1.54) is 13.1 Å². The molecule has 4 N–H and O–H groups in total. The van der Waals surface area contributed by atoms with Crippen LogP contribution in [0, 0.1) is 5.92 Å². The standard InChI is InChI=1S/C29H33ClN4O8/c1-16(2)24(34-29(40)41-15-18-9-5-4-6-10-18)27(39)32-17(3)26(38)33-21(13-23(35)36)25(37)28-31-14-22(42-28)19-11-7-8-12-20(19)30/h4-7,9-11,14,16-17,21,24H,8,12-13,15H2,1-3H3,(H,32,39)(H,33,38)(H,34,40)(H,35,36)/t17-,21-,24-/m0/s1. The van der Waals surface area contributed by atoms with Gasteiger partial charge in [0.15, 0.2) is 5.76 Å². The minimum Gasteiger partial charge on any atom is -0.481 e. The molecule has 0 radical (unpaired) electrons. The van der Waals surface area contributed by atoms with E-state index in [0.717, 1.165) is 12.0 Å². The molecule has 2 aromatic rings. The highest BCUT2D eigenvalue weighted by Gasteiger charge is 2.32. The first-order chi connectivity index (χ1) is 20.0. The van der Waals surface area contributed by atoms with Crippen molar-refractivity contribution in [2.75, 3.05) is 0 Å². The first-order valence-electron chi connectivity index (χ1n) is 13.3. The lowest BCUT2D eigenvalue weighted by atomic mass is 10.0. The van der Waals surface area contributed by atoms with Gasteiger partial charge in [-0.25, -0.2) is 9.78 Å². The zero-order valence-corrected chi connectivity index (χ0v) is 24.1. The fraction of sp³-hybridized carbons (Fsp3) is 0.379. The number of aromatic nitrogens is 1. The molecular formula is C29H33ClN4O8. The van der Waals surface area contributed by atoms with Crippen molar-refractivity contribution in [3.8, 4) is 0 Å². The number of oxazole rings is 1. The summed E-state index contributed by atoms with van der Waals surface area (Å²) >= 11 is 6.25. The lowest BCUT2D eigenvalue weighted by molar-refractivity contribution is -0.137. The van der Waals surface area contributed by atoms with Crippen LogP contribution in [0.2, 0.25) is 0 Å². The van der Waals surface area contributed by atoms with E-state index in [9.17, 15) is 29.1 Å². The molecule has 0 bridgehead atoms. The number of allylic oxidation sites excluding steroid dienone is 4. The van der Waals surface area contributed by atoms with Crippen molar-refractivity contribution in [1.82, 2.24) is 20.9 Å². The van der Waals surface area contributed by atoms with Crippen LogP contribution in [-0.2, 0) is 25.7 Å². The largest absolute Gasteiger partial charge is 0.481 e. The van der Waals surface area contributed by atoms with Crippen LogP contribution in [0.1, 0.15) is 62.0 Å². The molecule has 0 fully saturated rings. The number of nitrogens with one attached hydrogen (secondary N) is 3. The van der Waals surface area contributed by atoms with Crippen molar-refractivity contribution in [1.29, 1.82) is 0 Å². The van der Waals surface area contributed by atoms with Crippen LogP contribution < -0.4 is 16.0 Å². The maximum absolute atomic E-state index is 13.1. The summed E-state index contributed by atoms with van der Waals surface area (Å²) in [5.74, 6) is -4.26. The quantitative estimate of drug-likeness (QED) is 0.250. The van der Waals surface area contributed by atoms with Crippen molar-refractivity contribution >= 4 is 46.8 Å². The molecule has 42 heavy (non-hydrogen) atoms. The topological polar surface area (TPSA) is 177 Å². The van der Waals surface area contributed by atoms with Crippen LogP contribution >= 0.6 is 11.6 Å². The van der Waals surface area contributed by atoms with Crippen LogP contribution in [0.25, 0.3) is 5.57 Å². The second-order valence-electron chi connectivity index (χ2n) is 9.97. The Morgan fingerprint density at radius 1 is 1.05 bits per heavy atom. The number of ketones is 1. The minimum absolute atomic E-state index is 0.00424. The highest BCUT2D eigenvalue weighted by molar-refractivity contribution is 6.33. The van der Waals surface area contributed by atoms with Gasteiger partial charge in [0, 0.05) is 10.6 Å². The molecular weight excluding hydrogens is 568 g/mol. The first-order valence-corrected chi connectivity index (χ1v) is 13.7. The van der Waals surface area contributed by atoms with Gasteiger partial charge in [-0.3, -0.25) is 19.2 Å². The Morgan fingerprint density at radius 3 is 2.40 bits per heavy atom. The summed E-state index contributed by atoms with van der Waals surface area (Å²) in [6.45, 7) is 4.76. The lowest BCUT2D eigenvalue weighted by Crippen LogP contribution is -2.56. The van der Waals surface area contributed by atoms with Crippen molar-refractivity contribution < 1.29 is 38.2 Å². The van der Waals surface area contributed by atoms with Gasteiger partial charge >= 0.3 is 12.1 Å². The third kappa shape index (κ3) is 9.03. The molecule has 0 spiro atoms. The summed E-state index contributed by atoms with van der Waals surface area (Å²) in [5.41, 5.74) is 1.32. The van der Waals surface area contributed by atoms with Gasteiger partial charge < -0.3 is 30.2 Å². The van der Waals surface area contributed by atoms with E-state index in [1.54, 1.807) is 44.2 Å². The van der Waals surface area contributed by atoms with Crippen molar-refractivity contribution in [3.05, 3.63) is 70.9 Å². The Morgan fingerprint density at radius 2 is 1.76 bits per heavy atom. The third-order valence-corrected chi connectivity index (χ3v) is 6.68. The first kappa shape index (κ1) is 32.1. The predicted molar refractivity (Wildman–Crippen MR) is 152 cm³/mol. The number of carbonyl (C=O) groups excluding carboxylic acids is 4. The Balaban J connectivity index is 1.62. The number of amides is 3. The molecule has 1 aromatic heterocycles. The van der Waals surface area contributed by atoms with Gasteiger partial charge in [0.05, 0.1) is 12.6 Å². The summed E-state index contributed by atoms with van der Waals surface area (Å²) in [6, 6.07) is 5.23. The Labute approximate surface area is 247 Å². The number of rotatable bonds is 13. The number of nitrogens with zero attached hydrogens (tertiary/aromatic N) is 1. The smallest absolute Gasteiger partial charge is 0.408 e. The molecule has 0 saturated heterocycles. The number of carboxylic acids is 1. The second-order valence-corrected chi connectivity index (χ2v) is 10.4. The predicted octanol–water partition coefficient (Wildman–Crippen LogP) is 3.57. The maximum Gasteiger partial charge on any atom is 0.408 e. The van der Waals surface area contributed by atoms with Crippen LogP contribution in [0.3, 0.4) is 0 Å². The fourth-order valence-electron chi connectivity index (χ4n) is 3.99. The van der Waals surface area contributed by atoms with E-state index in [2.05, 4.69) is 20.9 Å². The van der Waals surface area contributed by atoms with Crippen molar-refractivity contribution in [2.45, 2.75) is 64.8 Å². The molecule has 1 aliphatic carbocycles. The molecule has 0 saturated carbocycles. The van der Waals surface area contributed by atoms with Gasteiger partial charge in [-0.2, -0.15) is 0 Å². The van der Waals surface area contributed by atoms with E-state index >= 15 is 0 Å². The van der Waals surface area contributed by atoms with Crippen molar-refractivity contribution in [3.63, 3.8) is 0 Å². The number of hydrogen-bond donors (Lipinski definition) is 4. The maximum atomic E-state index is 13.1. The number of Topliss-reactive ketones (excluding diaryl/α,β-unsaturated/α-hetero) is 1. The highest BCUT2D eigenvalue weighted by Crippen LogP contribution is 2.30. The van der Waals surface area contributed by atoms with Gasteiger partial charge in [0.2, 0.25) is 17.6 Å². The highest BCUT2D eigenvalue weighted by atomic mass is 35.5. The monoisotopic (exact) mass is 600 g/mol. The molecule has 13 heteroatoms. The summed E-state index contributed by atoms with van der Waals surface area (Å²) in [6.07, 6.45) is 4.72. The summed E-state index contributed by atoms with van der Waals surface area (Å²) in [7, 11) is 0. The molecule has 3 atom stereocenters. The molecule has 3 amide bonds. The molecule has 0 unspecified atom stereocenters. The van der Waals surface area contributed by atoms with Gasteiger partial charge in [0.25, 0.3) is 5.89 Å². The average Bonchev–Trinajstić information content (AvgIpc) is 3.44. The lowest BCUT2D eigenvalue weighted by Gasteiger charge is -2.24. The van der Waals surface area contributed by atoms with Crippen LogP contribution in [-0.4, -0.2) is 57.9 Å². The van der Waals surface area contributed by atoms with Crippen LogP contribution in [0.15, 0.2) is 58.1 Å². The Bertz CT molecular complexity index is 1370. The minimum atomic E-state index is -1.53. The molecule has 1 aromatic carbocycles. The zero-order chi connectivity index (χ0) is 30.8. The van der Waals surface area contributed by atoms with E-state index in [4.69, 9.17) is 20.8 Å². The average molecular weight is 601 g/mol. The third-order valence-electron chi connectivity index (χ3n) is 6.29. The molecule has 1 aliphatic rings. The van der Waals surface area contributed by atoms with Crippen LogP contribution in [0.5, 0.6) is 0 Å². The van der Waals surface area contributed by atoms with Crippen LogP contribution in [0.4, 0.5) is 4.79 Å². The van der Waals surface area contributed by atoms with Gasteiger partial charge in [-0.1, -0.05) is 67.9 Å². The normalized spacial score (nSPS) is 15.0. The van der Waals surface area contributed by atoms with E-state index in [1.807, 2.05) is 12.1 Å². The van der Waals surface area contributed by atoms with E-state index in [0.29, 0.717) is 17.0 Å². The number of alkyl carbamates (subject to hydrolysis) is 1. The number of ether oxygens (including phenoxy) is 1. The molecule has 3 rings (SSSR count). The number of aliphatic carboxylic acids is 1. The fourth-order valence-corrected chi connectivity index (χ4v) is 4.26. The summed E-state index contributed by atoms with van der Waals surface area (Å²) < 4.78 is 10.7. The van der Waals surface area contributed by atoms with Gasteiger partial charge in [-0.15, -0.1) is 0 Å². The summed E-state index contributed by atoms with van der Waals surface area (Å²) in [4.78, 5) is 66.7. The SMILES string of the molecule is CC(C)[C@H](NC(=O)OCc1ccccc1)C(=O)N[C@@H](C)C(=O)N[C@@H](CC(=O)O)C(=O)c1ncc(C2=C(Cl)CCC=C2)o1. The molecule has 1 heterocycles. The molecule has 0 aliphatic heterocycles. The van der Waals surface area contributed by atoms with Crippen molar-refractivity contribution in [2.24, 2.45) is 5.92 Å². The molecule has 224 valence electrons. The number of benzene rings is 1. The summed E-state index contributed by atoms with van der Waals surface area (Å²) in [5, 5.41) is 17.2. The number of hydrogen-bond acceptors (Lipinski definition) is 8. The molecule has 12 nitrogen and oxygen atoms in total. The number of halogens is 1. The second kappa shape index (κ2) is 15.0. The zero-order valence-electron chi connectivity index (χ0n) is 23.4. The van der Waals surface area contributed by atoms with Gasteiger partial charge in [-0.05, 0) is 31.2 Å². The van der Waals surface area contributed by atoms with E-state index in [-0.39, 0.29) is 18.3 Å². The number of carbonyl (C=O) groups is 5. The van der Waals surface area contributed by atoms with E-state index < -0.39 is 60.1 Å². The Kier molecular flexibility index (Phi) is 11.4. The number of carboxylic acid groups (broad SMARTS) is 1. The Hall–Kier alpha value is -4.45.